The number of nitroso groups, excluding NO2 is 2. The summed E-state index contributed by atoms with van der Waals surface area (Å²) in [6.07, 6.45) is 0. The fraction of sp³-hybridized carbons (Fsp3) is 0. The zero-order valence-corrected chi connectivity index (χ0v) is 49.8. The first kappa shape index (κ1) is 74.9. The molecule has 10 rings (SSSR count). The molecule has 88 heavy (non-hydrogen) atoms. The van der Waals surface area contributed by atoms with Gasteiger partial charge in [-0.25, -0.2) is 19.4 Å². The Bertz CT molecular complexity index is 4180. The smallest absolute Gasteiger partial charge is 0.618 e. The van der Waals surface area contributed by atoms with Crippen LogP contribution in [0.15, 0.2) is 174 Å². The van der Waals surface area contributed by atoms with Gasteiger partial charge in [-0.2, -0.15) is 13.1 Å². The van der Waals surface area contributed by atoms with Crippen LogP contribution in [-0.4, -0.2) is 107 Å². The van der Waals surface area contributed by atoms with Gasteiger partial charge in [0.05, 0.1) is 0 Å². The van der Waals surface area contributed by atoms with Gasteiger partial charge in [-0.1, -0.05) is 12.1 Å². The fourth-order valence-corrected chi connectivity index (χ4v) is 6.30. The van der Waals surface area contributed by atoms with Gasteiger partial charge < -0.3 is 90.5 Å². The predicted octanol–water partition coefficient (Wildman–Crippen LogP) is 4.12. The molecule has 2 heterocycles. The molecule has 0 amide bonds. The molecule has 0 unspecified atom stereocenters. The number of aromatic nitrogens is 2. The molecular formula is C51H38N5NaO29SZn. The van der Waals surface area contributed by atoms with Crippen LogP contribution in [0.2, 0.25) is 0 Å². The fourth-order valence-electron chi connectivity index (χ4n) is 6.30. The van der Waals surface area contributed by atoms with E-state index in [9.17, 15) is 49.2 Å². The number of aromatic hydroxyl groups is 10. The average molecular weight is 1310 g/mol. The van der Waals surface area contributed by atoms with Crippen LogP contribution in [0, 0.1) is 25.1 Å². The van der Waals surface area contributed by atoms with Gasteiger partial charge in [0.25, 0.3) is 11.2 Å². The van der Waals surface area contributed by atoms with Gasteiger partial charge in [-0.05, 0) is 95.3 Å². The van der Waals surface area contributed by atoms with E-state index in [1.807, 2.05) is 0 Å². The molecule has 0 bridgehead atoms. The number of carboxylic acid groups (broad SMARTS) is 3. The number of rotatable bonds is 5. The van der Waals surface area contributed by atoms with E-state index in [1.165, 1.54) is 109 Å². The van der Waals surface area contributed by atoms with Gasteiger partial charge >= 0.3 is 57.9 Å². The molecule has 4 aliphatic rings. The van der Waals surface area contributed by atoms with E-state index in [4.69, 9.17) is 92.6 Å². The second-order valence-corrected chi connectivity index (χ2v) is 16.5. The second kappa shape index (κ2) is 34.6. The molecule has 0 spiro atoms. The van der Waals surface area contributed by atoms with Crippen LogP contribution in [0.1, 0.15) is 31.1 Å². The van der Waals surface area contributed by atoms with Crippen LogP contribution in [0.4, 0.5) is 11.4 Å². The van der Waals surface area contributed by atoms with Crippen molar-refractivity contribution in [2.45, 2.75) is 0 Å². The Kier molecular flexibility index (Phi) is 29.4. The number of carbonyl (C=O) groups is 3. The van der Waals surface area contributed by atoms with Crippen LogP contribution < -0.4 is 45.1 Å². The van der Waals surface area contributed by atoms with E-state index in [2.05, 4.69) is 15.3 Å². The molecule has 34 nitrogen and oxygen atoms in total. The van der Waals surface area contributed by atoms with E-state index in [0.717, 1.165) is 29.6 Å². The summed E-state index contributed by atoms with van der Waals surface area (Å²) in [4.78, 5) is 87.0. The predicted molar refractivity (Wildman–Crippen MR) is 293 cm³/mol. The summed E-state index contributed by atoms with van der Waals surface area (Å²) in [5, 5.41) is 142. The molecule has 0 saturated heterocycles. The third-order valence-corrected chi connectivity index (χ3v) is 9.80. The van der Waals surface area contributed by atoms with Crippen molar-refractivity contribution in [2.24, 2.45) is 15.7 Å². The van der Waals surface area contributed by atoms with Crippen LogP contribution in [0.25, 0.3) is 45.1 Å². The standard InChI is InChI=1S/C13H7NO6.C13H7NO5.C7H6O4.2C6H5NO3.C6H6O2.HNO2.Na.H2O4S.Zn/c15-6-1-2-7-10(5-6)20-12-8(14(7)19)3-4-9(16)11(12)13(17)18;15-6-1-2-7-10(5-6)19-12-8(14-7)3-4-9(16)11(12)13(17)18;8-4-2-1-3-5(9)6(4)7(10)11;2*8-4-1-2-5(7-10)6(9)3-4;7-5-2-1-3-6(8)4-5;2-1-3;;1-5(2,3)4;/h1-5,16H,(H,17,18);1-5,16H,(H,17,18);1-3,8-9H,(H,10,11);2*1-3,8-9H;1-4,7-8H;(H,2,3);;(H2,1,2,3,4);/q;;;;;;;+1;;/p-1. The molecule has 6 aromatic rings. The summed E-state index contributed by atoms with van der Waals surface area (Å²) in [5.74, 6) is -6.41. The van der Waals surface area contributed by atoms with E-state index in [1.54, 1.807) is 6.07 Å². The van der Waals surface area contributed by atoms with Gasteiger partial charge in [0.1, 0.15) is 91.2 Å². The number of fused-ring (bicyclic) bond motifs is 4. The first-order valence-electron chi connectivity index (χ1n) is 22.3. The number of phenols is 10. The largest absolute Gasteiger partial charge is 1.00 e. The molecule has 0 radical (unpaired) electrons. The maximum atomic E-state index is 12.2. The Morgan fingerprint density at radius 1 is 0.489 bits per heavy atom. The summed E-state index contributed by atoms with van der Waals surface area (Å²) >= 11 is 0. The van der Waals surface area contributed by atoms with Gasteiger partial charge in [-0.15, -0.1) is 15.2 Å². The molecule has 6 aromatic carbocycles. The quantitative estimate of drug-likeness (QED) is 0.0219. The summed E-state index contributed by atoms with van der Waals surface area (Å²) in [7, 11) is -4.67. The zero-order chi connectivity index (χ0) is 64.7. The minimum absolute atomic E-state index is 0. The Hall–Kier alpha value is -11.1. The van der Waals surface area contributed by atoms with E-state index >= 15 is 0 Å². The third-order valence-electron chi connectivity index (χ3n) is 9.80. The molecule has 15 N–H and O–H groups in total. The van der Waals surface area contributed by atoms with Gasteiger partial charge in [0, 0.05) is 61.9 Å². The van der Waals surface area contributed by atoms with Crippen molar-refractivity contribution in [1.82, 2.24) is 4.98 Å². The van der Waals surface area contributed by atoms with Gasteiger partial charge in [-0.3, -0.25) is 18.7 Å². The molecule has 0 atom stereocenters. The van der Waals surface area contributed by atoms with Crippen molar-refractivity contribution in [2.75, 3.05) is 0 Å². The molecule has 2 aliphatic heterocycles. The molecule has 0 aromatic heterocycles. The minimum atomic E-state index is -4.67. The summed E-state index contributed by atoms with van der Waals surface area (Å²) in [5.41, 5.74) is -1.72. The molecular weight excluding hydrogens is 1270 g/mol. The number of phenolic OH excluding ortho intramolecular Hbond substituents is 6. The number of carboxylic acids is 3. The van der Waals surface area contributed by atoms with Crippen LogP contribution in [-0.2, 0) is 29.9 Å². The average Bonchev–Trinajstić information content (AvgIpc) is 0.793. The van der Waals surface area contributed by atoms with Crippen LogP contribution in [0.3, 0.4) is 0 Å². The van der Waals surface area contributed by atoms with Crippen molar-refractivity contribution in [3.63, 3.8) is 0 Å². The van der Waals surface area contributed by atoms with E-state index < -0.39 is 62.4 Å². The number of benzene rings is 8. The van der Waals surface area contributed by atoms with Crippen molar-refractivity contribution >= 4 is 61.9 Å². The molecule has 37 heteroatoms. The summed E-state index contributed by atoms with van der Waals surface area (Å²) < 4.78 is 42.8. The van der Waals surface area contributed by atoms with Crippen molar-refractivity contribution in [3.05, 3.63) is 202 Å². The van der Waals surface area contributed by atoms with Crippen LogP contribution >= 0.6 is 0 Å². The third kappa shape index (κ3) is 22.5. The first-order chi connectivity index (χ1) is 40.3. The zero-order valence-electron chi connectivity index (χ0n) is 44.1. The molecule has 0 saturated carbocycles. The number of aromatic carboxylic acids is 3. The monoisotopic (exact) mass is 1300 g/mol. The summed E-state index contributed by atoms with van der Waals surface area (Å²) in [6, 6.07) is 29.4. The molecule has 450 valence electrons. The van der Waals surface area contributed by atoms with Crippen molar-refractivity contribution < 1.29 is 161 Å². The Labute approximate surface area is 522 Å². The minimum Gasteiger partial charge on any atom is -0.618 e. The van der Waals surface area contributed by atoms with Crippen molar-refractivity contribution in [1.29, 1.82) is 0 Å². The Morgan fingerprint density at radius 3 is 1.28 bits per heavy atom. The second-order valence-electron chi connectivity index (χ2n) is 15.6. The maximum absolute atomic E-state index is 12.2. The molecule has 2 aliphatic carbocycles. The van der Waals surface area contributed by atoms with E-state index in [-0.39, 0.29) is 145 Å². The SMILES string of the molecule is O=C(O)c1c(O)ccc2c1oc1cc(=O)ccc-1[n+]2[O-].O=C(O)c1c(O)ccc2nc3ccc(=O)cc-3oc12.O=C(O)c1c(O)cccc1O.O=N[O-].O=Nc1ccc(O)cc1O.O=Nc1ccc(O)cc1O.O=S(=O)(O)O.Oc1cccc(O)c1.[Na+].[Zn]. The number of nitrogens with zero attached hydrogens (tertiary/aromatic N) is 5. The van der Waals surface area contributed by atoms with Crippen LogP contribution in [0.5, 0.6) is 57.5 Å². The van der Waals surface area contributed by atoms with Gasteiger partial charge in [0.15, 0.2) is 27.8 Å². The normalized spacial score (nSPS) is 9.75. The Balaban J connectivity index is 0.000000528. The van der Waals surface area contributed by atoms with E-state index in [0.29, 0.717) is 15.9 Å². The van der Waals surface area contributed by atoms with Crippen molar-refractivity contribution in [3.8, 4) is 80.4 Å². The topological polar surface area (TPSA) is 600 Å². The first-order valence-corrected chi connectivity index (χ1v) is 23.7. The number of hydrogen-bond acceptors (Lipinski definition) is 28. The van der Waals surface area contributed by atoms with Gasteiger partial charge in [0.2, 0.25) is 11.3 Å². The Morgan fingerprint density at radius 2 is 0.875 bits per heavy atom. The maximum Gasteiger partial charge on any atom is 1.00 e. The molecule has 0 fully saturated rings. The summed E-state index contributed by atoms with van der Waals surface area (Å²) in [6.45, 7) is 0. The number of hydrogen-bond donors (Lipinski definition) is 15.